The Morgan fingerprint density at radius 2 is 1.93 bits per heavy atom. The Labute approximate surface area is 89.8 Å². The fraction of sp³-hybridized carbons (Fsp3) is 0.333. The molecule has 2 heterocycles. The monoisotopic (exact) mass is 201 g/mol. The molecule has 15 heavy (non-hydrogen) atoms. The van der Waals surface area contributed by atoms with E-state index in [0.717, 1.165) is 11.1 Å². The second kappa shape index (κ2) is 3.50. The molecule has 0 atom stereocenters. The fourth-order valence-corrected chi connectivity index (χ4v) is 1.37. The van der Waals surface area contributed by atoms with Gasteiger partial charge in [0, 0.05) is 29.7 Å². The normalized spacial score (nSPS) is 11.7. The molecule has 2 aromatic heterocycles. The topological polar surface area (TPSA) is 30.7 Å². The molecule has 0 saturated carbocycles. The van der Waals surface area contributed by atoms with E-state index >= 15 is 0 Å². The van der Waals surface area contributed by atoms with Crippen LogP contribution in [0.3, 0.4) is 0 Å². The summed E-state index contributed by atoms with van der Waals surface area (Å²) in [5, 5.41) is 4.35. The maximum Gasteiger partial charge on any atom is 0.0569 e. The second-order valence-corrected chi connectivity index (χ2v) is 4.59. The Hall–Kier alpha value is -1.64. The van der Waals surface area contributed by atoms with Gasteiger partial charge in [0.2, 0.25) is 0 Å². The molecule has 0 N–H and O–H groups in total. The molecule has 0 aliphatic heterocycles. The van der Waals surface area contributed by atoms with Crippen molar-refractivity contribution in [3.63, 3.8) is 0 Å². The second-order valence-electron chi connectivity index (χ2n) is 4.59. The smallest absolute Gasteiger partial charge is 0.0569 e. The van der Waals surface area contributed by atoms with Crippen molar-refractivity contribution >= 4 is 0 Å². The Morgan fingerprint density at radius 3 is 2.47 bits per heavy atom. The third kappa shape index (κ3) is 2.06. The number of hydrogen-bond acceptors (Lipinski definition) is 2. The lowest BCUT2D eigenvalue weighted by atomic mass is 10.1. The van der Waals surface area contributed by atoms with Crippen molar-refractivity contribution in [2.24, 2.45) is 0 Å². The summed E-state index contributed by atoms with van der Waals surface area (Å²) in [6, 6.07) is 3.97. The van der Waals surface area contributed by atoms with Gasteiger partial charge in [0.05, 0.1) is 11.7 Å². The fourth-order valence-electron chi connectivity index (χ4n) is 1.37. The lowest BCUT2D eigenvalue weighted by molar-refractivity contribution is 0.355. The summed E-state index contributed by atoms with van der Waals surface area (Å²) in [6.07, 6.45) is 7.56. The third-order valence-corrected chi connectivity index (χ3v) is 2.26. The largest absolute Gasteiger partial charge is 0.267 e. The highest BCUT2D eigenvalue weighted by Gasteiger charge is 2.14. The van der Waals surface area contributed by atoms with E-state index in [1.807, 2.05) is 29.2 Å². The van der Waals surface area contributed by atoms with Crippen molar-refractivity contribution in [3.8, 4) is 11.1 Å². The molecular formula is C12H15N3. The predicted octanol–water partition coefficient (Wildman–Crippen LogP) is 2.70. The summed E-state index contributed by atoms with van der Waals surface area (Å²) in [5.41, 5.74) is 2.24. The quantitative estimate of drug-likeness (QED) is 0.710. The summed E-state index contributed by atoms with van der Waals surface area (Å²) in [4.78, 5) is 4.10. The summed E-state index contributed by atoms with van der Waals surface area (Å²) >= 11 is 0. The van der Waals surface area contributed by atoms with E-state index in [1.54, 1.807) is 6.20 Å². The predicted molar refractivity (Wildman–Crippen MR) is 60.5 cm³/mol. The first-order chi connectivity index (χ1) is 7.07. The van der Waals surface area contributed by atoms with Gasteiger partial charge in [-0.25, -0.2) is 0 Å². The lowest BCUT2D eigenvalue weighted by Gasteiger charge is -2.18. The number of hydrogen-bond donors (Lipinski definition) is 0. The van der Waals surface area contributed by atoms with E-state index in [4.69, 9.17) is 0 Å². The molecular weight excluding hydrogens is 186 g/mol. The standard InChI is InChI=1S/C12H15N3/c1-12(2,3)15-9-11(8-14-15)10-5-4-6-13-7-10/h4-9H,1-3H3. The maximum absolute atomic E-state index is 4.35. The molecule has 3 heteroatoms. The van der Waals surface area contributed by atoms with Gasteiger partial charge >= 0.3 is 0 Å². The van der Waals surface area contributed by atoms with Gasteiger partial charge in [-0.3, -0.25) is 9.67 Å². The summed E-state index contributed by atoms with van der Waals surface area (Å²) in [5.74, 6) is 0. The van der Waals surface area contributed by atoms with E-state index in [1.165, 1.54) is 0 Å². The summed E-state index contributed by atoms with van der Waals surface area (Å²) in [6.45, 7) is 6.40. The Morgan fingerprint density at radius 1 is 1.13 bits per heavy atom. The molecule has 2 rings (SSSR count). The molecule has 0 aromatic carbocycles. The van der Waals surface area contributed by atoms with Gasteiger partial charge in [0.15, 0.2) is 0 Å². The molecule has 2 aromatic rings. The minimum absolute atomic E-state index is 0.0282. The van der Waals surface area contributed by atoms with Crippen molar-refractivity contribution in [2.75, 3.05) is 0 Å². The number of nitrogens with zero attached hydrogens (tertiary/aromatic N) is 3. The molecule has 0 spiro atoms. The van der Waals surface area contributed by atoms with Crippen molar-refractivity contribution in [1.82, 2.24) is 14.8 Å². The molecule has 0 unspecified atom stereocenters. The van der Waals surface area contributed by atoms with Crippen LogP contribution < -0.4 is 0 Å². The first-order valence-corrected chi connectivity index (χ1v) is 5.03. The number of pyridine rings is 1. The van der Waals surface area contributed by atoms with Crippen molar-refractivity contribution < 1.29 is 0 Å². The van der Waals surface area contributed by atoms with E-state index in [2.05, 4.69) is 37.1 Å². The first-order valence-electron chi connectivity index (χ1n) is 5.03. The summed E-state index contributed by atoms with van der Waals surface area (Å²) < 4.78 is 1.97. The molecule has 0 radical (unpaired) electrons. The molecule has 0 saturated heterocycles. The van der Waals surface area contributed by atoms with Crippen LogP contribution in [0.25, 0.3) is 11.1 Å². The van der Waals surface area contributed by atoms with Crippen LogP contribution in [0.15, 0.2) is 36.9 Å². The van der Waals surface area contributed by atoms with Gasteiger partial charge in [-0.05, 0) is 26.8 Å². The van der Waals surface area contributed by atoms with Crippen LogP contribution in [0.1, 0.15) is 20.8 Å². The summed E-state index contributed by atoms with van der Waals surface area (Å²) in [7, 11) is 0. The van der Waals surface area contributed by atoms with Crippen LogP contribution in [0.4, 0.5) is 0 Å². The van der Waals surface area contributed by atoms with Gasteiger partial charge < -0.3 is 0 Å². The SMILES string of the molecule is CC(C)(C)n1cc(-c2cccnc2)cn1. The van der Waals surface area contributed by atoms with Crippen LogP contribution in [0.5, 0.6) is 0 Å². The highest BCUT2D eigenvalue weighted by atomic mass is 15.3. The zero-order valence-electron chi connectivity index (χ0n) is 9.31. The van der Waals surface area contributed by atoms with Gasteiger partial charge in [-0.1, -0.05) is 6.07 Å². The highest BCUT2D eigenvalue weighted by Crippen LogP contribution is 2.20. The number of aromatic nitrogens is 3. The van der Waals surface area contributed by atoms with Gasteiger partial charge in [0.25, 0.3) is 0 Å². The van der Waals surface area contributed by atoms with E-state index in [9.17, 15) is 0 Å². The van der Waals surface area contributed by atoms with Gasteiger partial charge in [-0.2, -0.15) is 5.10 Å². The average molecular weight is 201 g/mol. The molecule has 78 valence electrons. The van der Waals surface area contributed by atoms with Crippen LogP contribution in [-0.4, -0.2) is 14.8 Å². The Balaban J connectivity index is 2.37. The molecule has 0 aliphatic carbocycles. The van der Waals surface area contributed by atoms with Gasteiger partial charge in [0.1, 0.15) is 0 Å². The maximum atomic E-state index is 4.35. The lowest BCUT2D eigenvalue weighted by Crippen LogP contribution is -2.21. The molecule has 0 amide bonds. The first kappa shape index (κ1) is 9.90. The van der Waals surface area contributed by atoms with Crippen LogP contribution in [0, 0.1) is 0 Å². The zero-order valence-corrected chi connectivity index (χ0v) is 9.31. The molecule has 0 aliphatic rings. The van der Waals surface area contributed by atoms with E-state index in [0.29, 0.717) is 0 Å². The average Bonchev–Trinajstić information content (AvgIpc) is 2.67. The van der Waals surface area contributed by atoms with Crippen molar-refractivity contribution in [3.05, 3.63) is 36.9 Å². The zero-order chi connectivity index (χ0) is 10.9. The molecule has 0 bridgehead atoms. The third-order valence-electron chi connectivity index (χ3n) is 2.26. The van der Waals surface area contributed by atoms with Crippen molar-refractivity contribution in [2.45, 2.75) is 26.3 Å². The molecule has 3 nitrogen and oxygen atoms in total. The minimum Gasteiger partial charge on any atom is -0.267 e. The van der Waals surface area contributed by atoms with Crippen molar-refractivity contribution in [1.29, 1.82) is 0 Å². The highest BCUT2D eigenvalue weighted by molar-refractivity contribution is 5.60. The van der Waals surface area contributed by atoms with E-state index < -0.39 is 0 Å². The molecule has 0 fully saturated rings. The van der Waals surface area contributed by atoms with Crippen LogP contribution in [-0.2, 0) is 5.54 Å². The van der Waals surface area contributed by atoms with Crippen LogP contribution in [0.2, 0.25) is 0 Å². The Kier molecular flexibility index (Phi) is 2.31. The van der Waals surface area contributed by atoms with Crippen LogP contribution >= 0.6 is 0 Å². The number of rotatable bonds is 1. The van der Waals surface area contributed by atoms with Gasteiger partial charge in [-0.15, -0.1) is 0 Å². The van der Waals surface area contributed by atoms with E-state index in [-0.39, 0.29) is 5.54 Å². The minimum atomic E-state index is 0.0282. The Bertz CT molecular complexity index is 437.